The first-order chi connectivity index (χ1) is 18.1. The van der Waals surface area contributed by atoms with Gasteiger partial charge in [0.2, 0.25) is 5.91 Å². The Balaban J connectivity index is 1.29. The molecule has 0 unspecified atom stereocenters. The number of likely N-dealkylation sites (N-methyl/N-ethyl adjacent to an activating group) is 1. The zero-order valence-corrected chi connectivity index (χ0v) is 21.4. The molecule has 0 aromatic heterocycles. The number of halogens is 4. The molecule has 0 spiro atoms. The fourth-order valence-electron chi connectivity index (χ4n) is 4.82. The third-order valence-corrected chi connectivity index (χ3v) is 7.31. The summed E-state index contributed by atoms with van der Waals surface area (Å²) >= 11 is 0. The Kier molecular flexibility index (Phi) is 9.04. The van der Waals surface area contributed by atoms with Gasteiger partial charge in [0.25, 0.3) is 5.91 Å². The number of piperazine rings is 1. The summed E-state index contributed by atoms with van der Waals surface area (Å²) in [7, 11) is 1.99. The van der Waals surface area contributed by atoms with Gasteiger partial charge in [-0.25, -0.2) is 4.39 Å². The maximum Gasteiger partial charge on any atom is 0.416 e. The molecule has 1 heterocycles. The van der Waals surface area contributed by atoms with Crippen molar-refractivity contribution in [1.29, 1.82) is 0 Å². The van der Waals surface area contributed by atoms with Crippen LogP contribution >= 0.6 is 0 Å². The van der Waals surface area contributed by atoms with Crippen molar-refractivity contribution in [2.24, 2.45) is 0 Å². The van der Waals surface area contributed by atoms with Crippen molar-refractivity contribution in [3.8, 4) is 0 Å². The van der Waals surface area contributed by atoms with Gasteiger partial charge in [-0.1, -0.05) is 12.1 Å². The van der Waals surface area contributed by atoms with Crippen molar-refractivity contribution < 1.29 is 27.2 Å². The lowest BCUT2D eigenvalue weighted by atomic mass is 10.1. The Morgan fingerprint density at radius 1 is 0.974 bits per heavy atom. The minimum atomic E-state index is -4.48. The summed E-state index contributed by atoms with van der Waals surface area (Å²) in [5, 5.41) is 6.27. The lowest BCUT2D eigenvalue weighted by Gasteiger charge is -2.34. The first-order valence-electron chi connectivity index (χ1n) is 13.1. The number of hydrogen-bond acceptors (Lipinski definition) is 4. The van der Waals surface area contributed by atoms with Crippen LogP contribution in [0.25, 0.3) is 0 Å². The number of alkyl halides is 3. The van der Waals surface area contributed by atoms with Crippen molar-refractivity contribution in [3.63, 3.8) is 0 Å². The predicted molar refractivity (Wildman–Crippen MR) is 136 cm³/mol. The van der Waals surface area contributed by atoms with E-state index in [4.69, 9.17) is 0 Å². The molecule has 1 aliphatic carbocycles. The average Bonchev–Trinajstić information content (AvgIpc) is 3.67. The normalized spacial score (nSPS) is 20.7. The summed E-state index contributed by atoms with van der Waals surface area (Å²) in [6.45, 7) is 3.37. The van der Waals surface area contributed by atoms with E-state index in [1.807, 2.05) is 19.2 Å². The highest BCUT2D eigenvalue weighted by Crippen LogP contribution is 2.40. The average molecular weight is 535 g/mol. The largest absolute Gasteiger partial charge is 0.416 e. The smallest absolute Gasteiger partial charge is 0.340 e. The second-order valence-corrected chi connectivity index (χ2v) is 10.2. The fourth-order valence-corrected chi connectivity index (χ4v) is 4.82. The van der Waals surface area contributed by atoms with Crippen LogP contribution in [0.2, 0.25) is 0 Å². The topological polar surface area (TPSA) is 64.7 Å². The first-order valence-corrected chi connectivity index (χ1v) is 13.1. The molecule has 2 aromatic rings. The number of nitrogens with one attached hydrogen (secondary N) is 2. The van der Waals surface area contributed by atoms with Crippen molar-refractivity contribution in [1.82, 2.24) is 20.4 Å². The summed E-state index contributed by atoms with van der Waals surface area (Å²) < 4.78 is 51.8. The third-order valence-electron chi connectivity index (χ3n) is 7.31. The molecule has 2 N–H and O–H groups in total. The fraction of sp³-hybridized carbons (Fsp3) is 0.500. The quantitative estimate of drug-likeness (QED) is 0.357. The zero-order chi connectivity index (χ0) is 27.3. The standard InChI is InChI=1S/C28H34F4N4O2/c1-35-14-16-36(17-15-35)27(38)24(34-26(37)20-5-9-21(10-6-20)28(30,31)32)4-2-3-13-33-25-18-23(25)19-7-11-22(29)12-8-19/h5-12,23-25,33H,2-4,13-18H2,1H3,(H,34,37)/t23-,24+,25+/m1/s1. The second-order valence-electron chi connectivity index (χ2n) is 10.2. The molecule has 2 amide bonds. The number of benzene rings is 2. The molecular weight excluding hydrogens is 500 g/mol. The van der Waals surface area contributed by atoms with Crippen molar-refractivity contribution in [3.05, 3.63) is 71.0 Å². The maximum atomic E-state index is 13.3. The minimum absolute atomic E-state index is 0.0800. The van der Waals surface area contributed by atoms with Gasteiger partial charge in [0.1, 0.15) is 11.9 Å². The number of hydrogen-bond donors (Lipinski definition) is 2. The van der Waals surface area contributed by atoms with Crippen LogP contribution in [0.3, 0.4) is 0 Å². The van der Waals surface area contributed by atoms with Crippen LogP contribution in [0.5, 0.6) is 0 Å². The van der Waals surface area contributed by atoms with Gasteiger partial charge in [0.15, 0.2) is 0 Å². The molecule has 3 atom stereocenters. The van der Waals surface area contributed by atoms with Gasteiger partial charge in [-0.05, 0) is 81.2 Å². The third kappa shape index (κ3) is 7.54. The highest BCUT2D eigenvalue weighted by atomic mass is 19.4. The van der Waals surface area contributed by atoms with E-state index in [9.17, 15) is 27.2 Å². The maximum absolute atomic E-state index is 13.3. The van der Waals surface area contributed by atoms with E-state index in [2.05, 4.69) is 15.5 Å². The highest BCUT2D eigenvalue weighted by molar-refractivity contribution is 5.97. The van der Waals surface area contributed by atoms with E-state index >= 15 is 0 Å². The number of carbonyl (C=O) groups excluding carboxylic acids is 2. The van der Waals surface area contributed by atoms with E-state index in [1.165, 1.54) is 12.1 Å². The predicted octanol–water partition coefficient (Wildman–Crippen LogP) is 4.03. The van der Waals surface area contributed by atoms with Gasteiger partial charge < -0.3 is 20.4 Å². The molecule has 1 aliphatic heterocycles. The molecule has 6 nitrogen and oxygen atoms in total. The molecule has 0 bridgehead atoms. The molecule has 206 valence electrons. The molecule has 1 saturated carbocycles. The van der Waals surface area contributed by atoms with Gasteiger partial charge in [-0.2, -0.15) is 13.2 Å². The van der Waals surface area contributed by atoms with Crippen LogP contribution in [-0.4, -0.2) is 73.5 Å². The van der Waals surface area contributed by atoms with Crippen LogP contribution in [0.4, 0.5) is 17.6 Å². The monoisotopic (exact) mass is 534 g/mol. The molecule has 10 heteroatoms. The van der Waals surface area contributed by atoms with Gasteiger partial charge in [0.05, 0.1) is 5.56 Å². The second kappa shape index (κ2) is 12.3. The van der Waals surface area contributed by atoms with Crippen LogP contribution < -0.4 is 10.6 Å². The lowest BCUT2D eigenvalue weighted by molar-refractivity contribution is -0.137. The van der Waals surface area contributed by atoms with Gasteiger partial charge in [-0.3, -0.25) is 9.59 Å². The SMILES string of the molecule is CN1CCN(C(=O)[C@H](CCCCN[C@H]2C[C@@H]2c2ccc(F)cc2)NC(=O)c2ccc(C(F)(F)F)cc2)CC1. The van der Waals surface area contributed by atoms with E-state index in [0.29, 0.717) is 37.9 Å². The molecule has 1 saturated heterocycles. The molecule has 38 heavy (non-hydrogen) atoms. The van der Waals surface area contributed by atoms with E-state index in [1.54, 1.807) is 4.90 Å². The van der Waals surface area contributed by atoms with Gasteiger partial charge in [0, 0.05) is 43.7 Å². The van der Waals surface area contributed by atoms with Crippen molar-refractivity contribution in [2.75, 3.05) is 39.8 Å². The molecule has 2 fully saturated rings. The summed E-state index contributed by atoms with van der Waals surface area (Å²) in [6.07, 6.45) is -1.55. The summed E-state index contributed by atoms with van der Waals surface area (Å²) in [4.78, 5) is 30.0. The van der Waals surface area contributed by atoms with E-state index in [0.717, 1.165) is 62.3 Å². The van der Waals surface area contributed by atoms with Crippen LogP contribution in [-0.2, 0) is 11.0 Å². The van der Waals surface area contributed by atoms with Crippen LogP contribution in [0.1, 0.15) is 53.1 Å². The first kappa shape index (κ1) is 28.0. The van der Waals surface area contributed by atoms with Gasteiger partial charge >= 0.3 is 6.18 Å². The minimum Gasteiger partial charge on any atom is -0.340 e. The Morgan fingerprint density at radius 2 is 1.63 bits per heavy atom. The summed E-state index contributed by atoms with van der Waals surface area (Å²) in [5.41, 5.74) is 0.369. The van der Waals surface area contributed by atoms with E-state index < -0.39 is 23.7 Å². The number of unbranched alkanes of at least 4 members (excludes halogenated alkanes) is 1. The van der Waals surface area contributed by atoms with E-state index in [-0.39, 0.29) is 17.3 Å². The van der Waals surface area contributed by atoms with Crippen molar-refractivity contribution in [2.45, 2.75) is 49.9 Å². The van der Waals surface area contributed by atoms with Gasteiger partial charge in [-0.15, -0.1) is 0 Å². The van der Waals surface area contributed by atoms with Crippen molar-refractivity contribution >= 4 is 11.8 Å². The lowest BCUT2D eigenvalue weighted by Crippen LogP contribution is -2.54. The Bertz CT molecular complexity index is 1080. The van der Waals surface area contributed by atoms with Crippen LogP contribution in [0.15, 0.2) is 48.5 Å². The summed E-state index contributed by atoms with van der Waals surface area (Å²) in [6, 6.07) is 10.2. The molecular formula is C28H34F4N4O2. The number of carbonyl (C=O) groups is 2. The highest BCUT2D eigenvalue weighted by Gasteiger charge is 2.37. The molecule has 4 rings (SSSR count). The number of nitrogens with zero attached hydrogens (tertiary/aromatic N) is 2. The Labute approximate surface area is 220 Å². The number of amides is 2. The Morgan fingerprint density at radius 3 is 2.26 bits per heavy atom. The Hall–Kier alpha value is -2.98. The summed E-state index contributed by atoms with van der Waals surface area (Å²) in [5.74, 6) is -0.593. The molecule has 0 radical (unpaired) electrons. The number of rotatable bonds is 10. The van der Waals surface area contributed by atoms with Crippen LogP contribution in [0, 0.1) is 5.82 Å². The molecule has 2 aliphatic rings. The zero-order valence-electron chi connectivity index (χ0n) is 21.4. The molecule has 2 aromatic carbocycles.